The summed E-state index contributed by atoms with van der Waals surface area (Å²) < 4.78 is 11.6. The minimum atomic E-state index is 0.248. The second kappa shape index (κ2) is 8.59. The first-order valence-electron chi connectivity index (χ1n) is 8.98. The number of halogens is 1. The Kier molecular flexibility index (Phi) is 6.22. The van der Waals surface area contributed by atoms with E-state index in [2.05, 4.69) is 36.5 Å². The highest BCUT2D eigenvalue weighted by atomic mass is 35.5. The maximum absolute atomic E-state index is 6.50. The van der Waals surface area contributed by atoms with Crippen LogP contribution in [0, 0.1) is 0 Å². The van der Waals surface area contributed by atoms with Crippen molar-refractivity contribution in [1.29, 1.82) is 0 Å². The zero-order valence-electron chi connectivity index (χ0n) is 14.9. The Hall–Kier alpha value is -1.71. The molecule has 1 aliphatic rings. The second-order valence-electron chi connectivity index (χ2n) is 6.63. The summed E-state index contributed by atoms with van der Waals surface area (Å²) in [7, 11) is 1.68. The van der Waals surface area contributed by atoms with Gasteiger partial charge in [0.05, 0.1) is 13.2 Å². The van der Waals surface area contributed by atoms with Crippen molar-refractivity contribution < 1.29 is 9.47 Å². The number of hydrogen-bond donors (Lipinski definition) is 1. The molecule has 1 fully saturated rings. The fourth-order valence-corrected chi connectivity index (χ4v) is 3.49. The summed E-state index contributed by atoms with van der Waals surface area (Å²) in [5.74, 6) is 1.50. The smallest absolute Gasteiger partial charge is 0.163 e. The number of nitrogens with one attached hydrogen (secondary N) is 1. The summed E-state index contributed by atoms with van der Waals surface area (Å²) in [5, 5.41) is 4.23. The summed E-state index contributed by atoms with van der Waals surface area (Å²) >= 11 is 6.50. The monoisotopic (exact) mass is 359 g/mol. The first-order chi connectivity index (χ1) is 12.2. The van der Waals surface area contributed by atoms with E-state index in [1.54, 1.807) is 7.11 Å². The predicted molar refractivity (Wildman–Crippen MR) is 103 cm³/mol. The van der Waals surface area contributed by atoms with Gasteiger partial charge < -0.3 is 14.8 Å². The van der Waals surface area contributed by atoms with Crippen LogP contribution in [-0.4, -0.2) is 13.2 Å². The van der Waals surface area contributed by atoms with E-state index < -0.39 is 0 Å². The molecular formula is C21H26ClNO2. The highest BCUT2D eigenvalue weighted by Gasteiger charge is 2.19. The normalized spacial score (nSPS) is 16.0. The summed E-state index contributed by atoms with van der Waals surface area (Å²) in [5.41, 5.74) is 2.27. The SMILES string of the molecule is COc1cc(CN[C@@H](C)c2ccccc2)c(Cl)cc1OC1CCCC1. The highest BCUT2D eigenvalue weighted by molar-refractivity contribution is 6.31. The molecule has 0 heterocycles. The third kappa shape index (κ3) is 4.68. The standard InChI is InChI=1S/C21H26ClNO2/c1-15(16-8-4-3-5-9-16)23-14-17-12-20(24-2)21(13-19(17)22)25-18-10-6-7-11-18/h3-5,8-9,12-13,15,18,23H,6-7,10-11,14H2,1-2H3/t15-/m0/s1. The van der Waals surface area contributed by atoms with Gasteiger partial charge in [-0.1, -0.05) is 41.9 Å². The van der Waals surface area contributed by atoms with Crippen molar-refractivity contribution in [2.45, 2.75) is 51.3 Å². The highest BCUT2D eigenvalue weighted by Crippen LogP contribution is 2.36. The van der Waals surface area contributed by atoms with Crippen LogP contribution in [0.25, 0.3) is 0 Å². The molecule has 0 radical (unpaired) electrons. The van der Waals surface area contributed by atoms with Crippen molar-refractivity contribution in [1.82, 2.24) is 5.32 Å². The van der Waals surface area contributed by atoms with Crippen molar-refractivity contribution in [3.63, 3.8) is 0 Å². The lowest BCUT2D eigenvalue weighted by atomic mass is 10.1. The molecule has 0 unspecified atom stereocenters. The Labute approximate surface area is 155 Å². The van der Waals surface area contributed by atoms with Crippen molar-refractivity contribution in [3.8, 4) is 11.5 Å². The Morgan fingerprint density at radius 3 is 2.52 bits per heavy atom. The zero-order valence-corrected chi connectivity index (χ0v) is 15.7. The van der Waals surface area contributed by atoms with Crippen LogP contribution >= 0.6 is 11.6 Å². The molecule has 2 aromatic carbocycles. The molecule has 0 spiro atoms. The Morgan fingerprint density at radius 1 is 1.12 bits per heavy atom. The van der Waals surface area contributed by atoms with E-state index in [9.17, 15) is 0 Å². The lowest BCUT2D eigenvalue weighted by Gasteiger charge is -2.19. The van der Waals surface area contributed by atoms with Gasteiger partial charge in [-0.15, -0.1) is 0 Å². The Morgan fingerprint density at radius 2 is 1.84 bits per heavy atom. The first kappa shape index (κ1) is 18.1. The van der Waals surface area contributed by atoms with Crippen molar-refractivity contribution in [3.05, 3.63) is 58.6 Å². The molecule has 1 saturated carbocycles. The number of ether oxygens (including phenoxy) is 2. The lowest BCUT2D eigenvalue weighted by Crippen LogP contribution is -2.18. The molecule has 2 aromatic rings. The minimum Gasteiger partial charge on any atom is -0.493 e. The predicted octanol–water partition coefficient (Wildman–Crippen LogP) is 5.52. The van der Waals surface area contributed by atoms with Gasteiger partial charge in [-0.05, 0) is 49.8 Å². The van der Waals surface area contributed by atoms with Crippen LogP contribution in [0.5, 0.6) is 11.5 Å². The molecular weight excluding hydrogens is 334 g/mol. The van der Waals surface area contributed by atoms with Crippen LogP contribution in [0.4, 0.5) is 0 Å². The third-order valence-electron chi connectivity index (χ3n) is 4.83. The maximum atomic E-state index is 6.50. The number of benzene rings is 2. The van der Waals surface area contributed by atoms with Gasteiger partial charge in [-0.25, -0.2) is 0 Å². The van der Waals surface area contributed by atoms with Crippen LogP contribution < -0.4 is 14.8 Å². The summed E-state index contributed by atoms with van der Waals surface area (Å²) in [6, 6.07) is 14.5. The van der Waals surface area contributed by atoms with E-state index in [0.29, 0.717) is 11.6 Å². The van der Waals surface area contributed by atoms with E-state index in [1.165, 1.54) is 18.4 Å². The zero-order chi connectivity index (χ0) is 17.6. The van der Waals surface area contributed by atoms with Crippen LogP contribution in [0.15, 0.2) is 42.5 Å². The molecule has 1 atom stereocenters. The van der Waals surface area contributed by atoms with Crippen molar-refractivity contribution >= 4 is 11.6 Å². The molecule has 3 rings (SSSR count). The van der Waals surface area contributed by atoms with Crippen LogP contribution in [0.2, 0.25) is 5.02 Å². The van der Waals surface area contributed by atoms with E-state index in [0.717, 1.165) is 29.9 Å². The Balaban J connectivity index is 1.69. The molecule has 0 aromatic heterocycles. The van der Waals surface area contributed by atoms with Crippen LogP contribution in [-0.2, 0) is 6.54 Å². The fraction of sp³-hybridized carbons (Fsp3) is 0.429. The van der Waals surface area contributed by atoms with E-state index in [4.69, 9.17) is 21.1 Å². The Bertz CT molecular complexity index is 684. The summed E-state index contributed by atoms with van der Waals surface area (Å²) in [6.45, 7) is 2.83. The van der Waals surface area contributed by atoms with Gasteiger partial charge >= 0.3 is 0 Å². The maximum Gasteiger partial charge on any atom is 0.163 e. The van der Waals surface area contributed by atoms with Crippen molar-refractivity contribution in [2.75, 3.05) is 7.11 Å². The average Bonchev–Trinajstić information content (AvgIpc) is 3.14. The number of rotatable bonds is 7. The summed E-state index contributed by atoms with van der Waals surface area (Å²) in [4.78, 5) is 0. The van der Waals surface area contributed by atoms with Crippen LogP contribution in [0.3, 0.4) is 0 Å². The molecule has 0 saturated heterocycles. The molecule has 4 heteroatoms. The van der Waals surface area contributed by atoms with Gasteiger partial charge in [-0.3, -0.25) is 0 Å². The molecule has 25 heavy (non-hydrogen) atoms. The van der Waals surface area contributed by atoms with E-state index in [1.807, 2.05) is 18.2 Å². The van der Waals surface area contributed by atoms with Crippen molar-refractivity contribution in [2.24, 2.45) is 0 Å². The third-order valence-corrected chi connectivity index (χ3v) is 5.18. The molecule has 134 valence electrons. The molecule has 0 bridgehead atoms. The van der Waals surface area contributed by atoms with Crippen LogP contribution in [0.1, 0.15) is 49.8 Å². The van der Waals surface area contributed by atoms with Gasteiger partial charge in [0, 0.05) is 23.7 Å². The van der Waals surface area contributed by atoms with Gasteiger partial charge in [0.2, 0.25) is 0 Å². The van der Waals surface area contributed by atoms with E-state index >= 15 is 0 Å². The molecule has 1 aliphatic carbocycles. The quantitative estimate of drug-likeness (QED) is 0.705. The van der Waals surface area contributed by atoms with Gasteiger partial charge in [0.1, 0.15) is 0 Å². The lowest BCUT2D eigenvalue weighted by molar-refractivity contribution is 0.200. The van der Waals surface area contributed by atoms with Gasteiger partial charge in [0.15, 0.2) is 11.5 Å². The van der Waals surface area contributed by atoms with Gasteiger partial charge in [0.25, 0.3) is 0 Å². The molecule has 1 N–H and O–H groups in total. The number of hydrogen-bond acceptors (Lipinski definition) is 3. The molecule has 0 amide bonds. The van der Waals surface area contributed by atoms with E-state index in [-0.39, 0.29) is 12.1 Å². The molecule has 0 aliphatic heterocycles. The summed E-state index contributed by atoms with van der Waals surface area (Å²) in [6.07, 6.45) is 4.98. The van der Waals surface area contributed by atoms with Gasteiger partial charge in [-0.2, -0.15) is 0 Å². The molecule has 3 nitrogen and oxygen atoms in total. The minimum absolute atomic E-state index is 0.248. The topological polar surface area (TPSA) is 30.5 Å². The largest absolute Gasteiger partial charge is 0.493 e. The average molecular weight is 360 g/mol. The first-order valence-corrected chi connectivity index (χ1v) is 9.36. The second-order valence-corrected chi connectivity index (χ2v) is 7.04. The number of methoxy groups -OCH3 is 1. The fourth-order valence-electron chi connectivity index (χ4n) is 3.27.